The Kier molecular flexibility index (Phi) is 7.37. The summed E-state index contributed by atoms with van der Waals surface area (Å²) in [5, 5.41) is 16.5. The van der Waals surface area contributed by atoms with Gasteiger partial charge in [-0.25, -0.2) is 9.59 Å². The smallest absolute Gasteiger partial charge is 0.414 e. The summed E-state index contributed by atoms with van der Waals surface area (Å²) in [6.45, 7) is 10.2. The Morgan fingerprint density at radius 1 is 1.16 bits per heavy atom. The number of carbonyl (C=O) groups excluding carboxylic acids is 2. The molecule has 0 aliphatic rings. The van der Waals surface area contributed by atoms with Gasteiger partial charge in [-0.1, -0.05) is 0 Å². The predicted octanol–water partition coefficient (Wildman–Crippen LogP) is 3.46. The Labute approximate surface area is 181 Å². The van der Waals surface area contributed by atoms with Crippen LogP contribution in [0.5, 0.6) is 5.88 Å². The Balaban J connectivity index is 2.10. The standard InChI is InChI=1S/C21H31N3O7/c1-20(2,3)29-18(26)22-13(11-25)12-28-17-15-10-14(8-9-16(15)31-23-17)24(7)19(27)30-21(4,5)6/h8-10,13,25H,11-12H2,1-7H3,(H,22,26). The number of carbonyl (C=O) groups is 2. The molecule has 1 aromatic carbocycles. The quantitative estimate of drug-likeness (QED) is 0.704. The minimum Gasteiger partial charge on any atom is -0.473 e. The number of fused-ring (bicyclic) bond motifs is 1. The third kappa shape index (κ3) is 7.32. The maximum absolute atomic E-state index is 12.3. The molecule has 1 unspecified atom stereocenters. The number of ether oxygens (including phenoxy) is 3. The van der Waals surface area contributed by atoms with Gasteiger partial charge in [0, 0.05) is 12.7 Å². The summed E-state index contributed by atoms with van der Waals surface area (Å²) in [5.41, 5.74) is -0.275. The number of hydrogen-bond acceptors (Lipinski definition) is 8. The molecule has 0 saturated heterocycles. The number of anilines is 1. The summed E-state index contributed by atoms with van der Waals surface area (Å²) in [7, 11) is 1.59. The van der Waals surface area contributed by atoms with Crippen LogP contribution in [0.2, 0.25) is 0 Å². The highest BCUT2D eigenvalue weighted by Crippen LogP contribution is 2.29. The Morgan fingerprint density at radius 3 is 2.39 bits per heavy atom. The molecule has 0 aliphatic carbocycles. The molecule has 31 heavy (non-hydrogen) atoms. The molecule has 0 bridgehead atoms. The van der Waals surface area contributed by atoms with Gasteiger partial charge in [-0.05, 0) is 64.9 Å². The van der Waals surface area contributed by atoms with Crippen LogP contribution in [0.25, 0.3) is 11.0 Å². The molecular formula is C21H31N3O7. The first-order valence-corrected chi connectivity index (χ1v) is 9.88. The van der Waals surface area contributed by atoms with Crippen molar-refractivity contribution < 1.29 is 33.4 Å². The zero-order valence-electron chi connectivity index (χ0n) is 19.0. The number of hydrogen-bond donors (Lipinski definition) is 2. The molecule has 0 aliphatic heterocycles. The number of nitrogens with one attached hydrogen (secondary N) is 1. The molecule has 1 atom stereocenters. The van der Waals surface area contributed by atoms with Crippen molar-refractivity contribution in [3.05, 3.63) is 18.2 Å². The third-order valence-electron chi connectivity index (χ3n) is 3.84. The van der Waals surface area contributed by atoms with E-state index in [0.29, 0.717) is 16.7 Å². The molecule has 1 aromatic heterocycles. The molecule has 2 amide bonds. The van der Waals surface area contributed by atoms with Gasteiger partial charge in [-0.3, -0.25) is 4.90 Å². The first kappa shape index (κ1) is 24.3. The first-order valence-electron chi connectivity index (χ1n) is 9.88. The van der Waals surface area contributed by atoms with Gasteiger partial charge >= 0.3 is 12.2 Å². The zero-order chi connectivity index (χ0) is 23.4. The highest BCUT2D eigenvalue weighted by Gasteiger charge is 2.23. The summed E-state index contributed by atoms with van der Waals surface area (Å²) >= 11 is 0. The molecule has 172 valence electrons. The Bertz CT molecular complexity index is 912. The van der Waals surface area contributed by atoms with E-state index in [4.69, 9.17) is 18.7 Å². The normalized spacial score (nSPS) is 12.9. The van der Waals surface area contributed by atoms with Crippen molar-refractivity contribution in [2.24, 2.45) is 0 Å². The molecule has 0 spiro atoms. The molecule has 0 radical (unpaired) electrons. The number of aromatic nitrogens is 1. The zero-order valence-corrected chi connectivity index (χ0v) is 19.0. The van der Waals surface area contributed by atoms with Crippen LogP contribution >= 0.6 is 0 Å². The lowest BCUT2D eigenvalue weighted by Crippen LogP contribution is -2.44. The fraction of sp³-hybridized carbons (Fsp3) is 0.571. The van der Waals surface area contributed by atoms with Gasteiger partial charge in [0.1, 0.15) is 17.8 Å². The first-order chi connectivity index (χ1) is 14.3. The average molecular weight is 437 g/mol. The number of amides is 2. The number of benzene rings is 1. The van der Waals surface area contributed by atoms with E-state index in [1.807, 2.05) is 0 Å². The molecule has 2 N–H and O–H groups in total. The van der Waals surface area contributed by atoms with E-state index in [1.165, 1.54) is 4.90 Å². The number of aliphatic hydroxyl groups is 1. The van der Waals surface area contributed by atoms with Gasteiger partial charge in [0.2, 0.25) is 0 Å². The third-order valence-corrected chi connectivity index (χ3v) is 3.84. The maximum atomic E-state index is 12.3. The van der Waals surface area contributed by atoms with Crippen LogP contribution in [0, 0.1) is 0 Å². The lowest BCUT2D eigenvalue weighted by Gasteiger charge is -2.24. The van der Waals surface area contributed by atoms with Crippen molar-refractivity contribution in [1.29, 1.82) is 0 Å². The van der Waals surface area contributed by atoms with Crippen LogP contribution in [0.1, 0.15) is 41.5 Å². The van der Waals surface area contributed by atoms with E-state index in [1.54, 1.807) is 66.8 Å². The van der Waals surface area contributed by atoms with E-state index >= 15 is 0 Å². The molecule has 0 fully saturated rings. The van der Waals surface area contributed by atoms with Crippen molar-refractivity contribution in [3.8, 4) is 5.88 Å². The second-order valence-corrected chi connectivity index (χ2v) is 9.04. The van der Waals surface area contributed by atoms with Crippen LogP contribution < -0.4 is 15.0 Å². The molecule has 10 heteroatoms. The summed E-state index contributed by atoms with van der Waals surface area (Å²) in [5.74, 6) is 0.166. The highest BCUT2D eigenvalue weighted by molar-refractivity contribution is 5.92. The Morgan fingerprint density at radius 2 is 1.81 bits per heavy atom. The molecule has 2 rings (SSSR count). The SMILES string of the molecule is CN(C(=O)OC(C)(C)C)c1ccc2onc(OCC(CO)NC(=O)OC(C)(C)C)c2c1. The van der Waals surface area contributed by atoms with Crippen LogP contribution in [0.15, 0.2) is 22.7 Å². The van der Waals surface area contributed by atoms with Crippen LogP contribution in [0.3, 0.4) is 0 Å². The molecular weight excluding hydrogens is 406 g/mol. The minimum atomic E-state index is -0.714. The summed E-state index contributed by atoms with van der Waals surface area (Å²) in [6, 6.07) is 4.32. The van der Waals surface area contributed by atoms with Crippen molar-refractivity contribution in [3.63, 3.8) is 0 Å². The highest BCUT2D eigenvalue weighted by atomic mass is 16.6. The lowest BCUT2D eigenvalue weighted by molar-refractivity contribution is 0.0456. The number of alkyl carbamates (subject to hydrolysis) is 1. The minimum absolute atomic E-state index is 0.0660. The molecule has 0 saturated carbocycles. The molecule has 1 heterocycles. The monoisotopic (exact) mass is 437 g/mol. The van der Waals surface area contributed by atoms with Crippen molar-refractivity contribution in [2.45, 2.75) is 58.8 Å². The predicted molar refractivity (Wildman–Crippen MR) is 114 cm³/mol. The topological polar surface area (TPSA) is 123 Å². The average Bonchev–Trinajstić information content (AvgIpc) is 3.03. The number of aliphatic hydroxyl groups excluding tert-OH is 1. The Hall–Kier alpha value is -3.01. The summed E-state index contributed by atoms with van der Waals surface area (Å²) in [4.78, 5) is 25.6. The fourth-order valence-electron chi connectivity index (χ4n) is 2.45. The maximum Gasteiger partial charge on any atom is 0.414 e. The fourth-order valence-corrected chi connectivity index (χ4v) is 2.45. The second kappa shape index (κ2) is 9.42. The van der Waals surface area contributed by atoms with E-state index < -0.39 is 29.4 Å². The number of rotatable bonds is 6. The van der Waals surface area contributed by atoms with E-state index in [-0.39, 0.29) is 19.1 Å². The van der Waals surface area contributed by atoms with Gasteiger partial charge in [-0.2, -0.15) is 0 Å². The van der Waals surface area contributed by atoms with Crippen molar-refractivity contribution >= 4 is 28.8 Å². The van der Waals surface area contributed by atoms with Crippen LogP contribution in [0.4, 0.5) is 15.3 Å². The lowest BCUT2D eigenvalue weighted by atomic mass is 10.2. The second-order valence-electron chi connectivity index (χ2n) is 9.04. The van der Waals surface area contributed by atoms with Crippen molar-refractivity contribution in [1.82, 2.24) is 10.5 Å². The molecule has 10 nitrogen and oxygen atoms in total. The van der Waals surface area contributed by atoms with E-state index in [2.05, 4.69) is 10.5 Å². The van der Waals surface area contributed by atoms with Gasteiger partial charge in [0.15, 0.2) is 5.58 Å². The van der Waals surface area contributed by atoms with Gasteiger partial charge in [-0.15, -0.1) is 0 Å². The van der Waals surface area contributed by atoms with Crippen molar-refractivity contribution in [2.75, 3.05) is 25.2 Å². The van der Waals surface area contributed by atoms with E-state index in [0.717, 1.165) is 0 Å². The number of nitrogens with zero attached hydrogens (tertiary/aromatic N) is 2. The summed E-state index contributed by atoms with van der Waals surface area (Å²) in [6.07, 6.45) is -1.17. The van der Waals surface area contributed by atoms with Gasteiger partial charge in [0.05, 0.1) is 18.0 Å². The largest absolute Gasteiger partial charge is 0.473 e. The summed E-state index contributed by atoms with van der Waals surface area (Å²) < 4.78 is 21.5. The van der Waals surface area contributed by atoms with Gasteiger partial charge in [0.25, 0.3) is 5.88 Å². The van der Waals surface area contributed by atoms with E-state index in [9.17, 15) is 14.7 Å². The van der Waals surface area contributed by atoms with Crippen LogP contribution in [-0.4, -0.2) is 60.0 Å². The molecule has 2 aromatic rings. The van der Waals surface area contributed by atoms with Gasteiger partial charge < -0.3 is 29.2 Å². The van der Waals surface area contributed by atoms with Crippen LogP contribution in [-0.2, 0) is 9.47 Å².